The first-order valence-electron chi connectivity index (χ1n) is 8.49. The van der Waals surface area contributed by atoms with Crippen LogP contribution in [0, 0.1) is 5.92 Å². The van der Waals surface area contributed by atoms with Gasteiger partial charge in [-0.1, -0.05) is 26.0 Å². The van der Waals surface area contributed by atoms with Gasteiger partial charge in [0.05, 0.1) is 12.8 Å². The summed E-state index contributed by atoms with van der Waals surface area (Å²) in [5.41, 5.74) is 1.18. The van der Waals surface area contributed by atoms with Crippen LogP contribution in [0.15, 0.2) is 29.3 Å². The quantitative estimate of drug-likeness (QED) is 0.669. The summed E-state index contributed by atoms with van der Waals surface area (Å²) in [6.45, 7) is 9.37. The van der Waals surface area contributed by atoms with Crippen LogP contribution in [0.25, 0.3) is 0 Å². The largest absolute Gasteiger partial charge is 0.495 e. The molecule has 0 saturated carbocycles. The monoisotopic (exact) mass is 318 g/mol. The van der Waals surface area contributed by atoms with E-state index in [-0.39, 0.29) is 0 Å². The number of ether oxygens (including phenoxy) is 1. The molecule has 0 amide bonds. The summed E-state index contributed by atoms with van der Waals surface area (Å²) < 4.78 is 5.48. The van der Waals surface area contributed by atoms with Gasteiger partial charge < -0.3 is 19.9 Å². The molecule has 128 valence electrons. The van der Waals surface area contributed by atoms with E-state index in [9.17, 15) is 0 Å². The highest BCUT2D eigenvalue weighted by molar-refractivity contribution is 5.80. The van der Waals surface area contributed by atoms with Crippen molar-refractivity contribution in [2.75, 3.05) is 51.8 Å². The molecule has 1 fully saturated rings. The lowest BCUT2D eigenvalue weighted by atomic mass is 10.1. The fraction of sp³-hybridized carbons (Fsp3) is 0.611. The Labute approximate surface area is 140 Å². The van der Waals surface area contributed by atoms with E-state index in [4.69, 9.17) is 4.74 Å². The van der Waals surface area contributed by atoms with E-state index >= 15 is 0 Å². The molecule has 1 aliphatic rings. The second-order valence-corrected chi connectivity index (χ2v) is 6.30. The number of hydrogen-bond donors (Lipinski definition) is 1. The molecule has 1 aromatic rings. The van der Waals surface area contributed by atoms with E-state index in [1.54, 1.807) is 7.11 Å². The molecule has 5 heteroatoms. The molecule has 0 aliphatic carbocycles. The third kappa shape index (κ3) is 4.78. The molecule has 0 atom stereocenters. The van der Waals surface area contributed by atoms with Crippen LogP contribution in [0.4, 0.5) is 5.69 Å². The van der Waals surface area contributed by atoms with Gasteiger partial charge in [-0.3, -0.25) is 4.99 Å². The van der Waals surface area contributed by atoms with E-state index in [0.29, 0.717) is 5.92 Å². The number of nitrogens with zero attached hydrogens (tertiary/aromatic N) is 3. The normalized spacial score (nSPS) is 16.0. The number of para-hydroxylation sites is 2. The molecule has 0 radical (unpaired) electrons. The number of piperazine rings is 1. The Morgan fingerprint density at radius 2 is 1.91 bits per heavy atom. The Hall–Kier alpha value is -1.91. The standard InChI is InChI=1S/C18H30N4O/c1-15(2)9-10-20-18(19-3)22-13-11-21(12-14-22)16-7-5-6-8-17(16)23-4/h5-8,15H,9-14H2,1-4H3,(H,19,20). The number of nitrogens with one attached hydrogen (secondary N) is 1. The molecule has 0 spiro atoms. The van der Waals surface area contributed by atoms with Crippen molar-refractivity contribution in [2.24, 2.45) is 10.9 Å². The lowest BCUT2D eigenvalue weighted by molar-refractivity contribution is 0.366. The predicted octanol–water partition coefficient (Wildman–Crippen LogP) is 2.44. The molecule has 0 bridgehead atoms. The lowest BCUT2D eigenvalue weighted by Crippen LogP contribution is -2.52. The van der Waals surface area contributed by atoms with Gasteiger partial charge in [-0.25, -0.2) is 0 Å². The summed E-state index contributed by atoms with van der Waals surface area (Å²) >= 11 is 0. The maximum absolute atomic E-state index is 5.48. The predicted molar refractivity (Wildman–Crippen MR) is 97.6 cm³/mol. The topological polar surface area (TPSA) is 40.1 Å². The Kier molecular flexibility index (Phi) is 6.56. The van der Waals surface area contributed by atoms with Crippen molar-refractivity contribution in [1.82, 2.24) is 10.2 Å². The van der Waals surface area contributed by atoms with Crippen LogP contribution in [0.5, 0.6) is 5.75 Å². The number of methoxy groups -OCH3 is 1. The third-order valence-electron chi connectivity index (χ3n) is 4.22. The molecular weight excluding hydrogens is 288 g/mol. The Morgan fingerprint density at radius 1 is 1.22 bits per heavy atom. The van der Waals surface area contributed by atoms with Crippen molar-refractivity contribution >= 4 is 11.6 Å². The minimum atomic E-state index is 0.711. The summed E-state index contributed by atoms with van der Waals surface area (Å²) in [6.07, 6.45) is 1.17. The third-order valence-corrected chi connectivity index (χ3v) is 4.22. The molecule has 1 aromatic carbocycles. The number of aliphatic imine (C=N–C) groups is 1. The second-order valence-electron chi connectivity index (χ2n) is 6.30. The van der Waals surface area contributed by atoms with Gasteiger partial charge in [0.15, 0.2) is 5.96 Å². The van der Waals surface area contributed by atoms with Gasteiger partial charge in [-0.15, -0.1) is 0 Å². The lowest BCUT2D eigenvalue weighted by Gasteiger charge is -2.38. The maximum Gasteiger partial charge on any atom is 0.193 e. The number of hydrogen-bond acceptors (Lipinski definition) is 3. The molecule has 2 rings (SSSR count). The van der Waals surface area contributed by atoms with Crippen molar-refractivity contribution in [3.8, 4) is 5.75 Å². The average molecular weight is 318 g/mol. The van der Waals surface area contributed by atoms with E-state index in [2.05, 4.69) is 46.1 Å². The molecule has 5 nitrogen and oxygen atoms in total. The minimum absolute atomic E-state index is 0.711. The molecule has 23 heavy (non-hydrogen) atoms. The summed E-state index contributed by atoms with van der Waals surface area (Å²) in [6, 6.07) is 8.23. The number of benzene rings is 1. The van der Waals surface area contributed by atoms with Crippen molar-refractivity contribution in [1.29, 1.82) is 0 Å². The second kappa shape index (κ2) is 8.65. The smallest absolute Gasteiger partial charge is 0.193 e. The van der Waals surface area contributed by atoms with Gasteiger partial charge >= 0.3 is 0 Å². The van der Waals surface area contributed by atoms with Gasteiger partial charge in [-0.2, -0.15) is 0 Å². The summed E-state index contributed by atoms with van der Waals surface area (Å²) in [5.74, 6) is 2.67. The molecule has 1 aliphatic heterocycles. The first kappa shape index (κ1) is 17.4. The fourth-order valence-corrected chi connectivity index (χ4v) is 2.86. The van der Waals surface area contributed by atoms with Gasteiger partial charge in [-0.05, 0) is 24.5 Å². The molecule has 0 aromatic heterocycles. The highest BCUT2D eigenvalue weighted by Crippen LogP contribution is 2.28. The molecule has 1 saturated heterocycles. The summed E-state index contributed by atoms with van der Waals surface area (Å²) in [7, 11) is 3.60. The van der Waals surface area contributed by atoms with Crippen LogP contribution < -0.4 is 15.0 Å². The number of rotatable bonds is 5. The van der Waals surface area contributed by atoms with Gasteiger partial charge in [0.2, 0.25) is 0 Å². The van der Waals surface area contributed by atoms with Gasteiger partial charge in [0.1, 0.15) is 5.75 Å². The Morgan fingerprint density at radius 3 is 2.52 bits per heavy atom. The van der Waals surface area contributed by atoms with Gasteiger partial charge in [0.25, 0.3) is 0 Å². The molecule has 0 unspecified atom stereocenters. The van der Waals surface area contributed by atoms with Crippen molar-refractivity contribution in [3.63, 3.8) is 0 Å². The Balaban J connectivity index is 1.90. The zero-order valence-corrected chi connectivity index (χ0v) is 14.9. The van der Waals surface area contributed by atoms with E-state index < -0.39 is 0 Å². The van der Waals surface area contributed by atoms with Crippen molar-refractivity contribution in [2.45, 2.75) is 20.3 Å². The van der Waals surface area contributed by atoms with E-state index in [1.165, 1.54) is 12.1 Å². The van der Waals surface area contributed by atoms with Crippen molar-refractivity contribution in [3.05, 3.63) is 24.3 Å². The van der Waals surface area contributed by atoms with Crippen LogP contribution in [-0.2, 0) is 0 Å². The highest BCUT2D eigenvalue weighted by Gasteiger charge is 2.21. The molecule has 1 heterocycles. The van der Waals surface area contributed by atoms with Crippen LogP contribution in [-0.4, -0.2) is 57.7 Å². The maximum atomic E-state index is 5.48. The fourth-order valence-electron chi connectivity index (χ4n) is 2.86. The summed E-state index contributed by atoms with van der Waals surface area (Å²) in [4.78, 5) is 9.15. The number of anilines is 1. The first-order valence-corrected chi connectivity index (χ1v) is 8.49. The van der Waals surface area contributed by atoms with E-state index in [1.807, 2.05) is 19.2 Å². The molecule has 1 N–H and O–H groups in total. The number of guanidine groups is 1. The first-order chi connectivity index (χ1) is 11.2. The van der Waals surface area contributed by atoms with Crippen LogP contribution in [0.3, 0.4) is 0 Å². The Bertz CT molecular complexity index is 507. The minimum Gasteiger partial charge on any atom is -0.495 e. The van der Waals surface area contributed by atoms with Crippen molar-refractivity contribution < 1.29 is 4.74 Å². The van der Waals surface area contributed by atoms with E-state index in [0.717, 1.165) is 44.4 Å². The summed E-state index contributed by atoms with van der Waals surface area (Å²) in [5, 5.41) is 3.48. The van der Waals surface area contributed by atoms with Crippen LogP contribution >= 0.6 is 0 Å². The SMILES string of the molecule is CN=C(NCCC(C)C)N1CCN(c2ccccc2OC)CC1. The van der Waals surface area contributed by atoms with Crippen LogP contribution in [0.1, 0.15) is 20.3 Å². The zero-order valence-electron chi connectivity index (χ0n) is 14.9. The molecular formula is C18H30N4O. The highest BCUT2D eigenvalue weighted by atomic mass is 16.5. The zero-order chi connectivity index (χ0) is 16.7. The van der Waals surface area contributed by atoms with Gasteiger partial charge in [0, 0.05) is 39.8 Å². The average Bonchev–Trinajstić information content (AvgIpc) is 2.59. The van der Waals surface area contributed by atoms with Crippen LogP contribution in [0.2, 0.25) is 0 Å².